The summed E-state index contributed by atoms with van der Waals surface area (Å²) < 4.78 is 5.52. The number of hydrogen-bond donors (Lipinski definition) is 2. The molecule has 0 aromatic carbocycles. The van der Waals surface area contributed by atoms with Gasteiger partial charge >= 0.3 is 0 Å². The molecule has 6 heteroatoms. The fourth-order valence-electron chi connectivity index (χ4n) is 4.16. The Balaban J connectivity index is 1.72. The van der Waals surface area contributed by atoms with E-state index in [4.69, 9.17) is 4.74 Å². The molecule has 6 nitrogen and oxygen atoms in total. The average Bonchev–Trinajstić information content (AvgIpc) is 3.18. The molecule has 2 rings (SSSR count). The van der Waals surface area contributed by atoms with E-state index < -0.39 is 0 Å². The van der Waals surface area contributed by atoms with Crippen LogP contribution in [-0.4, -0.2) is 87.9 Å². The summed E-state index contributed by atoms with van der Waals surface area (Å²) in [5, 5.41) is 7.04. The largest absolute Gasteiger partial charge is 0.379 e. The van der Waals surface area contributed by atoms with Crippen LogP contribution in [0.15, 0.2) is 4.99 Å². The van der Waals surface area contributed by atoms with Gasteiger partial charge in [0.25, 0.3) is 0 Å². The summed E-state index contributed by atoms with van der Waals surface area (Å²) >= 11 is 0. The van der Waals surface area contributed by atoms with Gasteiger partial charge in [-0.05, 0) is 32.2 Å². The number of nitrogens with one attached hydrogen (secondary N) is 2. The Kier molecular flexibility index (Phi) is 9.72. The number of likely N-dealkylation sites (N-methyl/N-ethyl adjacent to an activating group) is 1. The van der Waals surface area contributed by atoms with E-state index in [1.54, 1.807) is 0 Å². The summed E-state index contributed by atoms with van der Waals surface area (Å²) in [5.74, 6) is 1.62. The molecule has 0 aromatic rings. The first-order chi connectivity index (χ1) is 12.6. The van der Waals surface area contributed by atoms with Crippen LogP contribution >= 0.6 is 0 Å². The Labute approximate surface area is 160 Å². The van der Waals surface area contributed by atoms with Crippen LogP contribution in [0.5, 0.6) is 0 Å². The van der Waals surface area contributed by atoms with Crippen LogP contribution in [0.25, 0.3) is 0 Å². The highest BCUT2D eigenvalue weighted by Crippen LogP contribution is 2.21. The zero-order chi connectivity index (χ0) is 18.8. The molecular weight excluding hydrogens is 326 g/mol. The van der Waals surface area contributed by atoms with E-state index in [0.29, 0.717) is 12.0 Å². The Hall–Kier alpha value is -0.850. The van der Waals surface area contributed by atoms with Gasteiger partial charge in [0.2, 0.25) is 0 Å². The van der Waals surface area contributed by atoms with E-state index in [1.807, 2.05) is 7.05 Å². The zero-order valence-electron chi connectivity index (χ0n) is 17.5. The molecule has 1 saturated carbocycles. The molecular formula is C20H41N5O. The predicted molar refractivity (Wildman–Crippen MR) is 110 cm³/mol. The Morgan fingerprint density at radius 3 is 2.50 bits per heavy atom. The second-order valence-corrected chi connectivity index (χ2v) is 8.23. The maximum atomic E-state index is 5.52. The first kappa shape index (κ1) is 21.5. The quantitative estimate of drug-likeness (QED) is 0.481. The topological polar surface area (TPSA) is 52.1 Å². The van der Waals surface area contributed by atoms with Gasteiger partial charge in [-0.2, -0.15) is 0 Å². The van der Waals surface area contributed by atoms with Crippen molar-refractivity contribution in [3.63, 3.8) is 0 Å². The van der Waals surface area contributed by atoms with Crippen molar-refractivity contribution in [2.24, 2.45) is 10.9 Å². The second-order valence-electron chi connectivity index (χ2n) is 8.23. The second kappa shape index (κ2) is 11.8. The van der Waals surface area contributed by atoms with Crippen LogP contribution in [0.1, 0.15) is 46.0 Å². The van der Waals surface area contributed by atoms with Gasteiger partial charge < -0.3 is 20.3 Å². The molecule has 0 radical (unpaired) electrons. The lowest BCUT2D eigenvalue weighted by Gasteiger charge is -2.35. The molecule has 152 valence electrons. The lowest BCUT2D eigenvalue weighted by molar-refractivity contribution is 0.0132. The molecule has 0 spiro atoms. The number of rotatable bonds is 9. The van der Waals surface area contributed by atoms with Crippen molar-refractivity contribution < 1.29 is 4.74 Å². The molecule has 2 fully saturated rings. The van der Waals surface area contributed by atoms with Crippen LogP contribution in [0.3, 0.4) is 0 Å². The van der Waals surface area contributed by atoms with Crippen molar-refractivity contribution in [2.45, 2.75) is 58.0 Å². The number of morpholine rings is 1. The van der Waals surface area contributed by atoms with E-state index in [0.717, 1.165) is 57.9 Å². The highest BCUT2D eigenvalue weighted by molar-refractivity contribution is 5.79. The van der Waals surface area contributed by atoms with Gasteiger partial charge in [0.15, 0.2) is 5.96 Å². The number of hydrogen-bond acceptors (Lipinski definition) is 4. The average molecular weight is 368 g/mol. The molecule has 1 saturated heterocycles. The van der Waals surface area contributed by atoms with E-state index in [-0.39, 0.29) is 0 Å². The van der Waals surface area contributed by atoms with E-state index in [1.165, 1.54) is 32.1 Å². The molecule has 1 unspecified atom stereocenters. The predicted octanol–water partition coefficient (Wildman–Crippen LogP) is 1.77. The molecule has 1 aliphatic carbocycles. The smallest absolute Gasteiger partial charge is 0.191 e. The molecule has 0 aromatic heterocycles. The molecule has 0 bridgehead atoms. The minimum atomic E-state index is 0.540. The van der Waals surface area contributed by atoms with Gasteiger partial charge in [-0.1, -0.05) is 26.7 Å². The van der Waals surface area contributed by atoms with Gasteiger partial charge in [-0.15, -0.1) is 0 Å². The van der Waals surface area contributed by atoms with Crippen LogP contribution in [-0.2, 0) is 4.74 Å². The monoisotopic (exact) mass is 367 g/mol. The first-order valence-electron chi connectivity index (χ1n) is 10.6. The third-order valence-corrected chi connectivity index (χ3v) is 5.74. The fraction of sp³-hybridized carbons (Fsp3) is 0.950. The molecule has 0 amide bonds. The summed E-state index contributed by atoms with van der Waals surface area (Å²) in [6.45, 7) is 11.4. The lowest BCUT2D eigenvalue weighted by atomic mass is 10.0. The Bertz CT molecular complexity index is 403. The van der Waals surface area contributed by atoms with Crippen molar-refractivity contribution >= 4 is 5.96 Å². The zero-order valence-corrected chi connectivity index (χ0v) is 17.5. The molecule has 1 atom stereocenters. The molecule has 1 aliphatic heterocycles. The molecule has 1 heterocycles. The fourth-order valence-corrected chi connectivity index (χ4v) is 4.16. The summed E-state index contributed by atoms with van der Waals surface area (Å²) in [5.41, 5.74) is 0. The lowest BCUT2D eigenvalue weighted by Crippen LogP contribution is -2.51. The van der Waals surface area contributed by atoms with Gasteiger partial charge in [-0.3, -0.25) is 9.89 Å². The van der Waals surface area contributed by atoms with Crippen LogP contribution in [0, 0.1) is 5.92 Å². The van der Waals surface area contributed by atoms with E-state index in [2.05, 4.69) is 46.3 Å². The molecule has 2 aliphatic rings. The Morgan fingerprint density at radius 1 is 1.19 bits per heavy atom. The maximum absolute atomic E-state index is 5.52. The summed E-state index contributed by atoms with van der Waals surface area (Å²) in [7, 11) is 4.12. The summed E-state index contributed by atoms with van der Waals surface area (Å²) in [4.78, 5) is 9.48. The third-order valence-electron chi connectivity index (χ3n) is 5.74. The van der Waals surface area contributed by atoms with Crippen LogP contribution < -0.4 is 10.6 Å². The number of nitrogens with zero attached hydrogens (tertiary/aromatic N) is 3. The number of aliphatic imine (C=N–C) groups is 1. The van der Waals surface area contributed by atoms with Crippen LogP contribution in [0.2, 0.25) is 0 Å². The number of guanidine groups is 1. The van der Waals surface area contributed by atoms with Crippen molar-refractivity contribution in [3.8, 4) is 0 Å². The Morgan fingerprint density at radius 2 is 1.88 bits per heavy atom. The molecule has 26 heavy (non-hydrogen) atoms. The van der Waals surface area contributed by atoms with Gasteiger partial charge in [0.1, 0.15) is 0 Å². The third kappa shape index (κ3) is 7.41. The van der Waals surface area contributed by atoms with Crippen molar-refractivity contribution in [1.29, 1.82) is 0 Å². The first-order valence-corrected chi connectivity index (χ1v) is 10.6. The normalized spacial score (nSPS) is 21.5. The molecule has 2 N–H and O–H groups in total. The summed E-state index contributed by atoms with van der Waals surface area (Å²) in [6, 6.07) is 1.32. The highest BCUT2D eigenvalue weighted by atomic mass is 16.5. The van der Waals surface area contributed by atoms with Crippen molar-refractivity contribution in [1.82, 2.24) is 20.4 Å². The van der Waals surface area contributed by atoms with Crippen molar-refractivity contribution in [2.75, 3.05) is 60.0 Å². The van der Waals surface area contributed by atoms with Gasteiger partial charge in [0, 0.05) is 51.9 Å². The van der Waals surface area contributed by atoms with E-state index in [9.17, 15) is 0 Å². The maximum Gasteiger partial charge on any atom is 0.191 e. The van der Waals surface area contributed by atoms with Gasteiger partial charge in [0.05, 0.1) is 13.2 Å². The van der Waals surface area contributed by atoms with Crippen LogP contribution in [0.4, 0.5) is 0 Å². The number of ether oxygens (including phenoxy) is 1. The van der Waals surface area contributed by atoms with E-state index >= 15 is 0 Å². The summed E-state index contributed by atoms with van der Waals surface area (Å²) in [6.07, 6.45) is 6.71. The minimum absolute atomic E-state index is 0.540. The highest BCUT2D eigenvalue weighted by Gasteiger charge is 2.22. The van der Waals surface area contributed by atoms with Crippen molar-refractivity contribution in [3.05, 3.63) is 0 Å². The minimum Gasteiger partial charge on any atom is -0.379 e. The van der Waals surface area contributed by atoms with Gasteiger partial charge in [-0.25, -0.2) is 0 Å². The SMILES string of the molecule is CN=C(NCCN(C)C1CCCC1)NCC(CC(C)C)N1CCOCC1. The standard InChI is InChI=1S/C20H41N5O/c1-17(2)15-19(25-11-13-26-14-12-25)16-23-20(21-3)22-9-10-24(4)18-7-5-6-8-18/h17-19H,5-16H2,1-4H3,(H2,21,22,23).